The third-order valence-electron chi connectivity index (χ3n) is 4.29. The molecule has 31 heavy (non-hydrogen) atoms. The summed E-state index contributed by atoms with van der Waals surface area (Å²) >= 11 is 0. The van der Waals surface area contributed by atoms with Crippen LogP contribution in [0.4, 0.5) is 8.78 Å². The quantitative estimate of drug-likeness (QED) is 0.451. The topological polar surface area (TPSA) is 109 Å². The highest BCUT2D eigenvalue weighted by Gasteiger charge is 2.18. The lowest BCUT2D eigenvalue weighted by atomic mass is 10.0. The number of nitrogens with one attached hydrogen (secondary N) is 1. The minimum atomic E-state index is -1.23. The number of aromatic amines is 1. The molecule has 0 unspecified atom stereocenters. The molecule has 4 aromatic rings. The lowest BCUT2D eigenvalue weighted by molar-refractivity contribution is 0.0697. The molecule has 1 heterocycles. The molecular weight excluding hydrogens is 404 g/mol. The summed E-state index contributed by atoms with van der Waals surface area (Å²) in [6.45, 7) is 0. The normalized spacial score (nSPS) is 10.1. The number of halogens is 2. The molecule has 156 valence electrons. The molecule has 0 spiro atoms. The van der Waals surface area contributed by atoms with Crippen molar-refractivity contribution >= 4 is 11.9 Å². The third kappa shape index (κ3) is 5.18. The van der Waals surface area contributed by atoms with E-state index in [-0.39, 0.29) is 28.5 Å². The SMILES string of the molecule is NC(=O)c1ccccc1.O=C(O)c1cccc(F)c1-c1cc(-c2ccc(F)cc2)n[nH]1. The Morgan fingerprint density at radius 2 is 1.58 bits per heavy atom. The summed E-state index contributed by atoms with van der Waals surface area (Å²) in [6.07, 6.45) is 0. The van der Waals surface area contributed by atoms with Gasteiger partial charge < -0.3 is 10.8 Å². The van der Waals surface area contributed by atoms with Crippen molar-refractivity contribution in [1.82, 2.24) is 10.2 Å². The van der Waals surface area contributed by atoms with E-state index in [0.29, 0.717) is 16.8 Å². The summed E-state index contributed by atoms with van der Waals surface area (Å²) in [7, 11) is 0. The van der Waals surface area contributed by atoms with Crippen LogP contribution in [0.1, 0.15) is 20.7 Å². The molecule has 3 aromatic carbocycles. The predicted octanol–water partition coefficient (Wildman–Crippen LogP) is 4.51. The van der Waals surface area contributed by atoms with E-state index in [4.69, 9.17) is 10.8 Å². The summed E-state index contributed by atoms with van der Waals surface area (Å²) in [5, 5.41) is 15.8. The molecule has 0 atom stereocenters. The lowest BCUT2D eigenvalue weighted by Gasteiger charge is -2.04. The van der Waals surface area contributed by atoms with E-state index < -0.39 is 11.8 Å². The number of carboxylic acids is 1. The maximum atomic E-state index is 14.0. The Balaban J connectivity index is 0.000000254. The molecule has 6 nitrogen and oxygen atoms in total. The number of aromatic nitrogens is 2. The molecule has 0 radical (unpaired) electrons. The van der Waals surface area contributed by atoms with E-state index in [2.05, 4.69) is 10.2 Å². The van der Waals surface area contributed by atoms with Crippen molar-refractivity contribution in [2.24, 2.45) is 5.73 Å². The fourth-order valence-corrected chi connectivity index (χ4v) is 2.80. The smallest absolute Gasteiger partial charge is 0.336 e. The molecule has 0 saturated heterocycles. The number of benzene rings is 3. The van der Waals surface area contributed by atoms with Gasteiger partial charge in [-0.1, -0.05) is 24.3 Å². The first-order chi connectivity index (χ1) is 14.9. The van der Waals surface area contributed by atoms with Gasteiger partial charge in [-0.05, 0) is 54.6 Å². The second-order valence-corrected chi connectivity index (χ2v) is 6.37. The zero-order chi connectivity index (χ0) is 22.4. The maximum Gasteiger partial charge on any atom is 0.336 e. The number of rotatable bonds is 4. The predicted molar refractivity (Wildman–Crippen MR) is 111 cm³/mol. The Kier molecular flexibility index (Phi) is 6.51. The van der Waals surface area contributed by atoms with E-state index in [0.717, 1.165) is 0 Å². The third-order valence-corrected chi connectivity index (χ3v) is 4.29. The Morgan fingerprint density at radius 1 is 0.903 bits per heavy atom. The Bertz CT molecular complexity index is 1210. The number of carbonyl (C=O) groups excluding carboxylic acids is 1. The summed E-state index contributed by atoms with van der Waals surface area (Å²) in [4.78, 5) is 21.6. The fourth-order valence-electron chi connectivity index (χ4n) is 2.80. The van der Waals surface area contributed by atoms with Crippen LogP contribution in [0.2, 0.25) is 0 Å². The zero-order valence-corrected chi connectivity index (χ0v) is 16.0. The summed E-state index contributed by atoms with van der Waals surface area (Å²) in [5.41, 5.74) is 6.66. The first-order valence-electron chi connectivity index (χ1n) is 9.05. The number of carbonyl (C=O) groups is 2. The highest BCUT2D eigenvalue weighted by Crippen LogP contribution is 2.28. The van der Waals surface area contributed by atoms with E-state index in [1.165, 1.54) is 48.5 Å². The summed E-state index contributed by atoms with van der Waals surface area (Å²) in [5.74, 6) is -2.64. The van der Waals surface area contributed by atoms with Gasteiger partial charge in [0, 0.05) is 16.7 Å². The molecule has 0 aliphatic carbocycles. The molecule has 4 rings (SSSR count). The minimum Gasteiger partial charge on any atom is -0.478 e. The first-order valence-corrected chi connectivity index (χ1v) is 9.05. The molecule has 0 saturated carbocycles. The van der Waals surface area contributed by atoms with Crippen LogP contribution in [0.15, 0.2) is 78.9 Å². The van der Waals surface area contributed by atoms with Crippen LogP contribution in [0.3, 0.4) is 0 Å². The van der Waals surface area contributed by atoms with Gasteiger partial charge in [0.25, 0.3) is 0 Å². The number of H-pyrrole nitrogens is 1. The van der Waals surface area contributed by atoms with Gasteiger partial charge in [0.1, 0.15) is 11.6 Å². The first kappa shape index (κ1) is 21.4. The highest BCUT2D eigenvalue weighted by molar-refractivity contribution is 5.96. The molecule has 0 aliphatic heterocycles. The van der Waals surface area contributed by atoms with Crippen molar-refractivity contribution in [3.63, 3.8) is 0 Å². The number of primary amides is 1. The van der Waals surface area contributed by atoms with Gasteiger partial charge in [-0.3, -0.25) is 9.89 Å². The second-order valence-electron chi connectivity index (χ2n) is 6.37. The van der Waals surface area contributed by atoms with Crippen LogP contribution < -0.4 is 5.73 Å². The van der Waals surface area contributed by atoms with Crippen LogP contribution >= 0.6 is 0 Å². The molecular formula is C23H17F2N3O3. The van der Waals surface area contributed by atoms with E-state index in [1.54, 1.807) is 24.3 Å². The number of aromatic carboxylic acids is 1. The monoisotopic (exact) mass is 421 g/mol. The van der Waals surface area contributed by atoms with Crippen LogP contribution in [-0.4, -0.2) is 27.2 Å². The van der Waals surface area contributed by atoms with Crippen molar-refractivity contribution in [3.05, 3.63) is 102 Å². The largest absolute Gasteiger partial charge is 0.478 e. The summed E-state index contributed by atoms with van der Waals surface area (Å²) < 4.78 is 26.9. The van der Waals surface area contributed by atoms with Gasteiger partial charge in [0.15, 0.2) is 0 Å². The number of hydrogen-bond donors (Lipinski definition) is 3. The van der Waals surface area contributed by atoms with Crippen molar-refractivity contribution in [2.75, 3.05) is 0 Å². The number of nitrogens with two attached hydrogens (primary N) is 1. The van der Waals surface area contributed by atoms with E-state index >= 15 is 0 Å². The molecule has 0 aliphatic rings. The van der Waals surface area contributed by atoms with Crippen LogP contribution in [0.5, 0.6) is 0 Å². The number of carboxylic acid groups (broad SMARTS) is 1. The molecule has 0 fully saturated rings. The van der Waals surface area contributed by atoms with Gasteiger partial charge in [-0.15, -0.1) is 0 Å². The number of hydrogen-bond acceptors (Lipinski definition) is 3. The highest BCUT2D eigenvalue weighted by atomic mass is 19.1. The van der Waals surface area contributed by atoms with Gasteiger partial charge in [-0.2, -0.15) is 5.10 Å². The molecule has 4 N–H and O–H groups in total. The van der Waals surface area contributed by atoms with Gasteiger partial charge in [0.05, 0.1) is 17.0 Å². The van der Waals surface area contributed by atoms with Crippen molar-refractivity contribution < 1.29 is 23.5 Å². The second kappa shape index (κ2) is 9.45. The average Bonchev–Trinajstić information content (AvgIpc) is 3.25. The average molecular weight is 421 g/mol. The van der Waals surface area contributed by atoms with Gasteiger partial charge in [0.2, 0.25) is 5.91 Å². The standard InChI is InChI=1S/C16H10F2N2O2.C7H7NO/c17-10-6-4-9(5-7-10)13-8-14(20-19-13)15-11(16(21)22)2-1-3-12(15)18;8-7(9)6-4-2-1-3-5-6/h1-8H,(H,19,20)(H,21,22);1-5H,(H2,8,9). The van der Waals surface area contributed by atoms with E-state index in [1.807, 2.05) is 6.07 Å². The van der Waals surface area contributed by atoms with E-state index in [9.17, 15) is 18.4 Å². The lowest BCUT2D eigenvalue weighted by Crippen LogP contribution is -2.09. The minimum absolute atomic E-state index is 0.0594. The van der Waals surface area contributed by atoms with Crippen molar-refractivity contribution in [3.8, 4) is 22.5 Å². The van der Waals surface area contributed by atoms with Gasteiger partial charge in [-0.25, -0.2) is 13.6 Å². The Morgan fingerprint density at radius 3 is 2.16 bits per heavy atom. The summed E-state index contributed by atoms with van der Waals surface area (Å²) in [6, 6.07) is 19.8. The molecule has 0 bridgehead atoms. The van der Waals surface area contributed by atoms with Gasteiger partial charge >= 0.3 is 5.97 Å². The van der Waals surface area contributed by atoms with Crippen LogP contribution in [0, 0.1) is 11.6 Å². The Labute approximate surface area is 176 Å². The number of amides is 1. The molecule has 8 heteroatoms. The molecule has 1 aromatic heterocycles. The fraction of sp³-hybridized carbons (Fsp3) is 0. The Hall–Kier alpha value is -4.33. The van der Waals surface area contributed by atoms with Crippen molar-refractivity contribution in [2.45, 2.75) is 0 Å². The number of nitrogens with zero attached hydrogens (tertiary/aromatic N) is 1. The zero-order valence-electron chi connectivity index (χ0n) is 16.0. The van der Waals surface area contributed by atoms with Crippen LogP contribution in [0.25, 0.3) is 22.5 Å². The molecule has 1 amide bonds. The maximum absolute atomic E-state index is 14.0. The van der Waals surface area contributed by atoms with Crippen molar-refractivity contribution in [1.29, 1.82) is 0 Å². The van der Waals surface area contributed by atoms with Crippen LogP contribution in [-0.2, 0) is 0 Å².